The van der Waals surface area contributed by atoms with E-state index in [4.69, 9.17) is 0 Å². The third-order valence-electron chi connectivity index (χ3n) is 2.35. The number of rotatable bonds is 4. The van der Waals surface area contributed by atoms with Crippen LogP contribution >= 0.6 is 0 Å². The van der Waals surface area contributed by atoms with E-state index in [0.717, 1.165) is 12.4 Å². The van der Waals surface area contributed by atoms with Crippen LogP contribution in [0.4, 0.5) is 0 Å². The fourth-order valence-electron chi connectivity index (χ4n) is 1.43. The van der Waals surface area contributed by atoms with Crippen molar-refractivity contribution in [2.24, 2.45) is 0 Å². The Hall–Kier alpha value is -1.81. The lowest BCUT2D eigenvalue weighted by Crippen LogP contribution is -2.15. The molecule has 2 aromatic heterocycles. The van der Waals surface area contributed by atoms with Crippen molar-refractivity contribution in [2.75, 3.05) is 0 Å². The Kier molecular flexibility index (Phi) is 3.56. The molecule has 2 heterocycles. The number of aryl methyl sites for hydroxylation is 1. The van der Waals surface area contributed by atoms with E-state index in [2.05, 4.69) is 27.2 Å². The molecule has 0 saturated carbocycles. The molecule has 82 valence electrons. The summed E-state index contributed by atoms with van der Waals surface area (Å²) in [6.07, 6.45) is 7.18. The second kappa shape index (κ2) is 5.32. The van der Waals surface area contributed by atoms with Crippen molar-refractivity contribution in [3.63, 3.8) is 0 Å². The highest BCUT2D eigenvalue weighted by Crippen LogP contribution is 2.04. The number of pyridine rings is 1. The van der Waals surface area contributed by atoms with Crippen molar-refractivity contribution in [1.82, 2.24) is 20.3 Å². The summed E-state index contributed by atoms with van der Waals surface area (Å²) in [5.74, 6) is 0.814. The maximum Gasteiger partial charge on any atom is 0.141 e. The molecular formula is C12H14N4. The maximum absolute atomic E-state index is 4.15. The number of hydrogen-bond donors (Lipinski definition) is 1. The highest BCUT2D eigenvalue weighted by Gasteiger charge is 1.98. The fraction of sp³-hybridized carbons (Fsp3) is 0.250. The summed E-state index contributed by atoms with van der Waals surface area (Å²) in [6, 6.07) is 3.84. The third kappa shape index (κ3) is 2.84. The van der Waals surface area contributed by atoms with Gasteiger partial charge in [-0.1, -0.05) is 0 Å². The summed E-state index contributed by atoms with van der Waals surface area (Å²) in [5.41, 5.74) is 2.45. The number of aromatic nitrogens is 3. The number of hydrogen-bond acceptors (Lipinski definition) is 4. The van der Waals surface area contributed by atoms with Crippen molar-refractivity contribution < 1.29 is 0 Å². The molecule has 0 unspecified atom stereocenters. The van der Waals surface area contributed by atoms with Crippen LogP contribution in [0.1, 0.15) is 17.0 Å². The fourth-order valence-corrected chi connectivity index (χ4v) is 1.43. The molecule has 0 aromatic carbocycles. The van der Waals surface area contributed by atoms with Gasteiger partial charge in [0.25, 0.3) is 0 Å². The second-order valence-corrected chi connectivity index (χ2v) is 3.57. The molecule has 0 aliphatic rings. The Labute approximate surface area is 94.8 Å². The molecule has 0 radical (unpaired) electrons. The molecule has 0 spiro atoms. The summed E-state index contributed by atoms with van der Waals surface area (Å²) in [6.45, 7) is 3.55. The Bertz CT molecular complexity index is 442. The molecule has 0 fully saturated rings. The number of nitrogens with one attached hydrogen (secondary N) is 1. The van der Waals surface area contributed by atoms with Crippen LogP contribution in [0.5, 0.6) is 0 Å². The smallest absolute Gasteiger partial charge is 0.141 e. The van der Waals surface area contributed by atoms with E-state index in [9.17, 15) is 0 Å². The summed E-state index contributed by atoms with van der Waals surface area (Å²) in [4.78, 5) is 12.4. The van der Waals surface area contributed by atoms with Crippen molar-refractivity contribution in [1.29, 1.82) is 0 Å². The predicted octanol–water partition coefficient (Wildman–Crippen LogP) is 1.47. The van der Waals surface area contributed by atoms with E-state index in [1.54, 1.807) is 12.4 Å². The average Bonchev–Trinajstić information content (AvgIpc) is 2.33. The quantitative estimate of drug-likeness (QED) is 0.837. The van der Waals surface area contributed by atoms with Crippen LogP contribution in [0.2, 0.25) is 0 Å². The lowest BCUT2D eigenvalue weighted by Gasteiger charge is -2.06. The first-order valence-electron chi connectivity index (χ1n) is 5.22. The van der Waals surface area contributed by atoms with Gasteiger partial charge >= 0.3 is 0 Å². The molecular weight excluding hydrogens is 200 g/mol. The third-order valence-corrected chi connectivity index (χ3v) is 2.35. The van der Waals surface area contributed by atoms with Crippen LogP contribution in [-0.4, -0.2) is 15.0 Å². The van der Waals surface area contributed by atoms with Crippen LogP contribution in [-0.2, 0) is 13.1 Å². The average molecular weight is 214 g/mol. The molecule has 16 heavy (non-hydrogen) atoms. The van der Waals surface area contributed by atoms with Crippen LogP contribution in [0, 0.1) is 6.92 Å². The zero-order valence-electron chi connectivity index (χ0n) is 9.22. The van der Waals surface area contributed by atoms with E-state index in [0.29, 0.717) is 6.54 Å². The van der Waals surface area contributed by atoms with Gasteiger partial charge < -0.3 is 5.32 Å². The zero-order chi connectivity index (χ0) is 11.2. The van der Waals surface area contributed by atoms with Crippen LogP contribution in [0.25, 0.3) is 0 Å². The molecule has 2 rings (SSSR count). The lowest BCUT2D eigenvalue weighted by atomic mass is 10.1. The first kappa shape index (κ1) is 10.7. The largest absolute Gasteiger partial charge is 0.306 e. The van der Waals surface area contributed by atoms with Gasteiger partial charge in [-0.3, -0.25) is 4.98 Å². The van der Waals surface area contributed by atoms with E-state index < -0.39 is 0 Å². The first-order chi connectivity index (χ1) is 7.86. The van der Waals surface area contributed by atoms with Gasteiger partial charge in [-0.15, -0.1) is 0 Å². The van der Waals surface area contributed by atoms with E-state index >= 15 is 0 Å². The molecule has 2 aromatic rings. The van der Waals surface area contributed by atoms with Crippen LogP contribution in [0.3, 0.4) is 0 Å². The van der Waals surface area contributed by atoms with Gasteiger partial charge in [0.05, 0.1) is 6.54 Å². The molecule has 0 atom stereocenters. The standard InChI is InChI=1S/C12H14N4/c1-10-7-13-6-3-11(10)8-14-9-12-15-4-2-5-16-12/h2-7,14H,8-9H2,1H3. The Morgan fingerprint density at radius 1 is 1.12 bits per heavy atom. The maximum atomic E-state index is 4.15. The molecule has 1 N–H and O–H groups in total. The molecule has 4 heteroatoms. The van der Waals surface area contributed by atoms with Gasteiger partial charge in [-0.05, 0) is 30.2 Å². The van der Waals surface area contributed by atoms with E-state index in [-0.39, 0.29) is 0 Å². The van der Waals surface area contributed by atoms with Crippen molar-refractivity contribution >= 4 is 0 Å². The molecule has 4 nitrogen and oxygen atoms in total. The Morgan fingerprint density at radius 2 is 1.94 bits per heavy atom. The molecule has 0 bridgehead atoms. The minimum absolute atomic E-state index is 0.683. The molecule has 0 saturated heterocycles. The van der Waals surface area contributed by atoms with Crippen LogP contribution < -0.4 is 5.32 Å². The van der Waals surface area contributed by atoms with Gasteiger partial charge in [0.2, 0.25) is 0 Å². The van der Waals surface area contributed by atoms with Gasteiger partial charge in [-0.25, -0.2) is 9.97 Å². The molecule has 0 amide bonds. The monoisotopic (exact) mass is 214 g/mol. The topological polar surface area (TPSA) is 50.7 Å². The van der Waals surface area contributed by atoms with Crippen LogP contribution in [0.15, 0.2) is 36.9 Å². The lowest BCUT2D eigenvalue weighted by molar-refractivity contribution is 0.659. The SMILES string of the molecule is Cc1cnccc1CNCc1ncccn1. The number of nitrogens with zero attached hydrogens (tertiary/aromatic N) is 3. The van der Waals surface area contributed by atoms with Crippen molar-refractivity contribution in [2.45, 2.75) is 20.0 Å². The van der Waals surface area contributed by atoms with Crippen molar-refractivity contribution in [3.05, 3.63) is 53.9 Å². The molecule has 0 aliphatic heterocycles. The van der Waals surface area contributed by atoms with Gasteiger partial charge in [0.15, 0.2) is 0 Å². The highest BCUT2D eigenvalue weighted by atomic mass is 14.9. The minimum Gasteiger partial charge on any atom is -0.306 e. The Balaban J connectivity index is 1.87. The first-order valence-corrected chi connectivity index (χ1v) is 5.22. The van der Waals surface area contributed by atoms with Gasteiger partial charge in [0, 0.05) is 31.3 Å². The normalized spacial score (nSPS) is 10.3. The van der Waals surface area contributed by atoms with Crippen molar-refractivity contribution in [3.8, 4) is 0 Å². The van der Waals surface area contributed by atoms with Gasteiger partial charge in [0.1, 0.15) is 5.82 Å². The summed E-state index contributed by atoms with van der Waals surface area (Å²) >= 11 is 0. The Morgan fingerprint density at radius 3 is 2.69 bits per heavy atom. The zero-order valence-corrected chi connectivity index (χ0v) is 9.22. The molecule has 0 aliphatic carbocycles. The van der Waals surface area contributed by atoms with E-state index in [1.165, 1.54) is 11.1 Å². The van der Waals surface area contributed by atoms with E-state index in [1.807, 2.05) is 24.5 Å². The summed E-state index contributed by atoms with van der Waals surface area (Å²) in [7, 11) is 0. The predicted molar refractivity (Wildman–Crippen MR) is 61.5 cm³/mol. The van der Waals surface area contributed by atoms with Gasteiger partial charge in [-0.2, -0.15) is 0 Å². The highest BCUT2D eigenvalue weighted by molar-refractivity contribution is 5.21. The summed E-state index contributed by atoms with van der Waals surface area (Å²) in [5, 5.41) is 3.31. The summed E-state index contributed by atoms with van der Waals surface area (Å²) < 4.78 is 0. The minimum atomic E-state index is 0.683. The second-order valence-electron chi connectivity index (χ2n) is 3.57.